The summed E-state index contributed by atoms with van der Waals surface area (Å²) in [5.41, 5.74) is 6.57. The van der Waals surface area contributed by atoms with Gasteiger partial charge in [-0.05, 0) is 12.1 Å². The Morgan fingerprint density at radius 2 is 1.73 bits per heavy atom. The molecular formula is C13H10N8O. The van der Waals surface area contributed by atoms with Crippen molar-refractivity contribution in [3.63, 3.8) is 0 Å². The van der Waals surface area contributed by atoms with Crippen molar-refractivity contribution in [3.05, 3.63) is 49.4 Å². The van der Waals surface area contributed by atoms with Gasteiger partial charge in [-0.2, -0.15) is 20.2 Å². The lowest BCUT2D eigenvalue weighted by Gasteiger charge is -2.10. The number of nitrogen functional groups attached to an aromatic ring is 1. The monoisotopic (exact) mass is 294 g/mol. The van der Waals surface area contributed by atoms with Crippen LogP contribution in [0.3, 0.4) is 0 Å². The van der Waals surface area contributed by atoms with Crippen LogP contribution in [0.5, 0.6) is 0 Å². The molecule has 22 heavy (non-hydrogen) atoms. The summed E-state index contributed by atoms with van der Waals surface area (Å²) < 4.78 is 8.43. The third-order valence-corrected chi connectivity index (χ3v) is 2.98. The molecule has 0 saturated heterocycles. The number of rotatable bonds is 3. The summed E-state index contributed by atoms with van der Waals surface area (Å²) in [7, 11) is 0. The Hall–Kier alpha value is -3.49. The Bertz CT molecular complexity index is 881. The van der Waals surface area contributed by atoms with Gasteiger partial charge >= 0.3 is 0 Å². The molecule has 9 nitrogen and oxygen atoms in total. The van der Waals surface area contributed by atoms with Crippen LogP contribution in [0, 0.1) is 0 Å². The summed E-state index contributed by atoms with van der Waals surface area (Å²) in [6, 6.07) is 3.56. The molecule has 4 rings (SSSR count). The topological polar surface area (TPSA) is 113 Å². The quantitative estimate of drug-likeness (QED) is 0.601. The molecule has 0 atom stereocenters. The fraction of sp³-hybridized carbons (Fsp3) is 0. The van der Waals surface area contributed by atoms with E-state index in [9.17, 15) is 0 Å². The third kappa shape index (κ3) is 1.92. The van der Waals surface area contributed by atoms with Gasteiger partial charge in [-0.1, -0.05) is 0 Å². The Balaban J connectivity index is 1.99. The van der Waals surface area contributed by atoms with Crippen LogP contribution in [0.1, 0.15) is 0 Å². The van der Waals surface area contributed by atoms with E-state index in [-0.39, 0.29) is 5.82 Å². The molecular weight excluding hydrogens is 284 g/mol. The molecule has 0 spiro atoms. The zero-order chi connectivity index (χ0) is 14.9. The minimum absolute atomic E-state index is 0.230. The molecule has 0 amide bonds. The SMILES string of the molecule is Nc1nc(-n2cccn2)nc(-n2cccn2)c1-c1ncco1. The van der Waals surface area contributed by atoms with Gasteiger partial charge in [-0.15, -0.1) is 0 Å². The Morgan fingerprint density at radius 1 is 0.955 bits per heavy atom. The first-order chi connectivity index (χ1) is 10.8. The first-order valence-corrected chi connectivity index (χ1v) is 6.40. The maximum Gasteiger partial charge on any atom is 0.254 e. The summed E-state index contributed by atoms with van der Waals surface area (Å²) in [5.74, 6) is 1.36. The lowest BCUT2D eigenvalue weighted by molar-refractivity contribution is 0.573. The molecule has 4 aromatic rings. The van der Waals surface area contributed by atoms with Crippen LogP contribution < -0.4 is 5.73 Å². The second kappa shape index (κ2) is 4.81. The first kappa shape index (κ1) is 12.3. The molecule has 0 aromatic carbocycles. The molecule has 2 N–H and O–H groups in total. The molecule has 0 radical (unpaired) electrons. The van der Waals surface area contributed by atoms with Crippen LogP contribution in [0.15, 0.2) is 53.8 Å². The van der Waals surface area contributed by atoms with Crippen molar-refractivity contribution in [2.75, 3.05) is 5.73 Å². The standard InChI is InChI=1S/C13H10N8O/c14-10-9(12-15-5-8-22-12)11(20-6-1-3-16-20)19-13(18-10)21-7-2-4-17-21/h1-8H,(H2,14,18,19). The van der Waals surface area contributed by atoms with Crippen LogP contribution in [-0.2, 0) is 0 Å². The molecule has 0 aliphatic heterocycles. The molecule has 108 valence electrons. The minimum Gasteiger partial charge on any atom is -0.444 e. The molecule has 0 unspecified atom stereocenters. The van der Waals surface area contributed by atoms with E-state index in [1.54, 1.807) is 41.6 Å². The summed E-state index contributed by atoms with van der Waals surface area (Å²) in [4.78, 5) is 12.9. The lowest BCUT2D eigenvalue weighted by Crippen LogP contribution is -2.11. The van der Waals surface area contributed by atoms with Gasteiger partial charge in [0.25, 0.3) is 5.95 Å². The van der Waals surface area contributed by atoms with Crippen LogP contribution in [-0.4, -0.2) is 34.5 Å². The van der Waals surface area contributed by atoms with Crippen LogP contribution in [0.2, 0.25) is 0 Å². The van der Waals surface area contributed by atoms with Gasteiger partial charge in [0.05, 0.1) is 6.20 Å². The number of hydrogen-bond acceptors (Lipinski definition) is 7. The highest BCUT2D eigenvalue weighted by atomic mass is 16.3. The summed E-state index contributed by atoms with van der Waals surface area (Å²) in [6.07, 6.45) is 9.75. The van der Waals surface area contributed by atoms with E-state index in [4.69, 9.17) is 10.2 Å². The Labute approximate surface area is 124 Å². The van der Waals surface area contributed by atoms with Crippen LogP contribution in [0.4, 0.5) is 5.82 Å². The average Bonchev–Trinajstić information content (AvgIpc) is 3.27. The Morgan fingerprint density at radius 3 is 2.36 bits per heavy atom. The molecule has 4 heterocycles. The maximum atomic E-state index is 6.09. The number of aromatic nitrogens is 7. The van der Waals surface area contributed by atoms with Gasteiger partial charge in [-0.25, -0.2) is 14.3 Å². The van der Waals surface area contributed by atoms with E-state index in [2.05, 4.69) is 25.1 Å². The van der Waals surface area contributed by atoms with Gasteiger partial charge in [0, 0.05) is 24.8 Å². The summed E-state index contributed by atoms with van der Waals surface area (Å²) >= 11 is 0. The van der Waals surface area contributed by atoms with E-state index in [1.165, 1.54) is 17.1 Å². The first-order valence-electron chi connectivity index (χ1n) is 6.40. The van der Waals surface area contributed by atoms with Crippen molar-refractivity contribution < 1.29 is 4.42 Å². The molecule has 0 fully saturated rings. The number of nitrogens with zero attached hydrogens (tertiary/aromatic N) is 7. The fourth-order valence-corrected chi connectivity index (χ4v) is 2.06. The van der Waals surface area contributed by atoms with E-state index >= 15 is 0 Å². The molecule has 0 aliphatic rings. The average molecular weight is 294 g/mol. The predicted octanol–water partition coefficient (Wildman–Crippen LogP) is 1.09. The lowest BCUT2D eigenvalue weighted by atomic mass is 10.2. The zero-order valence-electron chi connectivity index (χ0n) is 11.2. The smallest absolute Gasteiger partial charge is 0.254 e. The van der Waals surface area contributed by atoms with E-state index in [0.717, 1.165) is 0 Å². The van der Waals surface area contributed by atoms with Crippen molar-refractivity contribution in [1.82, 2.24) is 34.5 Å². The highest BCUT2D eigenvalue weighted by molar-refractivity contribution is 5.75. The van der Waals surface area contributed by atoms with Crippen LogP contribution in [0.25, 0.3) is 23.2 Å². The maximum absolute atomic E-state index is 6.09. The van der Waals surface area contributed by atoms with Crippen molar-refractivity contribution in [1.29, 1.82) is 0 Å². The number of nitrogens with two attached hydrogens (primary N) is 1. The zero-order valence-corrected chi connectivity index (χ0v) is 11.2. The molecule has 0 bridgehead atoms. The van der Waals surface area contributed by atoms with Gasteiger partial charge in [0.1, 0.15) is 17.6 Å². The highest BCUT2D eigenvalue weighted by Crippen LogP contribution is 2.29. The van der Waals surface area contributed by atoms with Gasteiger partial charge in [0.2, 0.25) is 5.89 Å². The number of hydrogen-bond donors (Lipinski definition) is 1. The van der Waals surface area contributed by atoms with Crippen LogP contribution >= 0.6 is 0 Å². The third-order valence-electron chi connectivity index (χ3n) is 2.98. The summed E-state index contributed by atoms with van der Waals surface area (Å²) in [5, 5.41) is 8.30. The predicted molar refractivity (Wildman–Crippen MR) is 76.2 cm³/mol. The molecule has 0 saturated carbocycles. The van der Waals surface area contributed by atoms with Crippen molar-refractivity contribution in [2.45, 2.75) is 0 Å². The van der Waals surface area contributed by atoms with Crippen molar-refractivity contribution >= 4 is 5.82 Å². The van der Waals surface area contributed by atoms with Gasteiger partial charge in [-0.3, -0.25) is 0 Å². The van der Waals surface area contributed by atoms with Gasteiger partial charge < -0.3 is 10.2 Å². The molecule has 0 aliphatic carbocycles. The fourth-order valence-electron chi connectivity index (χ4n) is 2.06. The number of oxazole rings is 1. The van der Waals surface area contributed by atoms with E-state index in [1.807, 2.05) is 0 Å². The van der Waals surface area contributed by atoms with E-state index in [0.29, 0.717) is 23.2 Å². The van der Waals surface area contributed by atoms with Crippen molar-refractivity contribution in [3.8, 4) is 23.2 Å². The normalized spacial score (nSPS) is 10.9. The second-order valence-corrected chi connectivity index (χ2v) is 4.35. The number of anilines is 1. The molecule has 9 heteroatoms. The largest absolute Gasteiger partial charge is 0.444 e. The van der Waals surface area contributed by atoms with E-state index < -0.39 is 0 Å². The summed E-state index contributed by atoms with van der Waals surface area (Å²) in [6.45, 7) is 0. The Kier molecular flexibility index (Phi) is 2.68. The highest BCUT2D eigenvalue weighted by Gasteiger charge is 2.20. The minimum atomic E-state index is 0.230. The van der Waals surface area contributed by atoms with Gasteiger partial charge in [0.15, 0.2) is 5.82 Å². The molecule has 4 aromatic heterocycles. The van der Waals surface area contributed by atoms with Crippen molar-refractivity contribution in [2.24, 2.45) is 0 Å². The second-order valence-electron chi connectivity index (χ2n) is 4.35.